The van der Waals surface area contributed by atoms with E-state index in [0.717, 1.165) is 43.7 Å². The molecule has 0 bridgehead atoms. The van der Waals surface area contributed by atoms with Crippen molar-refractivity contribution in [2.45, 2.75) is 69.9 Å². The maximum Gasteiger partial charge on any atom is 0.407 e. The molecule has 1 saturated carbocycles. The summed E-state index contributed by atoms with van der Waals surface area (Å²) in [7, 11) is 0. The van der Waals surface area contributed by atoms with Crippen molar-refractivity contribution in [3.05, 3.63) is 70.7 Å². The molecule has 3 rings (SSSR count). The van der Waals surface area contributed by atoms with Crippen LogP contribution in [-0.4, -0.2) is 30.8 Å². The summed E-state index contributed by atoms with van der Waals surface area (Å²) in [4.78, 5) is 12.3. The van der Waals surface area contributed by atoms with Gasteiger partial charge in [-0.25, -0.2) is 4.79 Å². The van der Waals surface area contributed by atoms with E-state index in [9.17, 15) is 4.79 Å². The van der Waals surface area contributed by atoms with Crippen LogP contribution in [0.3, 0.4) is 0 Å². The first-order valence-electron chi connectivity index (χ1n) is 11.3. The minimum absolute atomic E-state index is 0.126. The van der Waals surface area contributed by atoms with Gasteiger partial charge in [-0.05, 0) is 82.7 Å². The zero-order valence-corrected chi connectivity index (χ0v) is 19.7. The van der Waals surface area contributed by atoms with E-state index in [1.807, 2.05) is 39.0 Å². The molecule has 0 saturated heterocycles. The van der Waals surface area contributed by atoms with Gasteiger partial charge in [0.05, 0.1) is 0 Å². The van der Waals surface area contributed by atoms with E-state index in [1.165, 1.54) is 11.1 Å². The van der Waals surface area contributed by atoms with Crippen LogP contribution in [0, 0.1) is 0 Å². The fraction of sp³-hybridized carbons (Fsp3) is 0.500. The van der Waals surface area contributed by atoms with Crippen molar-refractivity contribution in [2.75, 3.05) is 13.1 Å². The number of rotatable bonds is 7. The van der Waals surface area contributed by atoms with E-state index in [4.69, 9.17) is 16.3 Å². The lowest BCUT2D eigenvalue weighted by Crippen LogP contribution is -2.47. The Morgan fingerprint density at radius 3 is 2.45 bits per heavy atom. The Morgan fingerprint density at radius 1 is 1.10 bits per heavy atom. The summed E-state index contributed by atoms with van der Waals surface area (Å²) >= 11 is 6.31. The molecule has 0 aliphatic heterocycles. The molecule has 0 unspecified atom stereocenters. The number of hydrogen-bond acceptors (Lipinski definition) is 3. The zero-order chi connectivity index (χ0) is 22.3. The first kappa shape index (κ1) is 23.6. The molecule has 1 fully saturated rings. The minimum Gasteiger partial charge on any atom is -0.444 e. The van der Waals surface area contributed by atoms with Crippen LogP contribution in [0.1, 0.15) is 57.6 Å². The van der Waals surface area contributed by atoms with Crippen molar-refractivity contribution >= 4 is 17.7 Å². The highest BCUT2D eigenvalue weighted by molar-refractivity contribution is 6.30. The molecule has 1 amide bonds. The molecule has 1 aliphatic rings. The summed E-state index contributed by atoms with van der Waals surface area (Å²) in [6, 6.07) is 19.2. The van der Waals surface area contributed by atoms with Crippen molar-refractivity contribution in [3.8, 4) is 0 Å². The van der Waals surface area contributed by atoms with Crippen molar-refractivity contribution in [3.63, 3.8) is 0 Å². The van der Waals surface area contributed by atoms with Crippen LogP contribution in [0.2, 0.25) is 5.02 Å². The summed E-state index contributed by atoms with van der Waals surface area (Å²) in [5.41, 5.74) is 1.92. The van der Waals surface area contributed by atoms with Crippen molar-refractivity contribution in [1.29, 1.82) is 0 Å². The molecule has 5 heteroatoms. The molecular weight excluding hydrogens is 408 g/mol. The number of carbonyl (C=O) groups excluding carboxylic acids is 1. The number of alkyl carbamates (subject to hydrolysis) is 1. The molecule has 0 heterocycles. The Kier molecular flexibility index (Phi) is 8.01. The third-order valence-corrected chi connectivity index (χ3v) is 6.27. The van der Waals surface area contributed by atoms with E-state index in [-0.39, 0.29) is 11.5 Å². The Hall–Kier alpha value is -2.04. The molecule has 0 atom stereocenters. The fourth-order valence-corrected chi connectivity index (χ4v) is 4.57. The fourth-order valence-electron chi connectivity index (χ4n) is 4.38. The number of ether oxygens (including phenoxy) is 1. The third kappa shape index (κ3) is 7.26. The molecule has 4 nitrogen and oxygen atoms in total. The van der Waals surface area contributed by atoms with Crippen LogP contribution in [0.25, 0.3) is 0 Å². The summed E-state index contributed by atoms with van der Waals surface area (Å²) in [5.74, 6) is 0. The largest absolute Gasteiger partial charge is 0.444 e. The topological polar surface area (TPSA) is 50.4 Å². The normalized spacial score (nSPS) is 21.5. The lowest BCUT2D eigenvalue weighted by molar-refractivity contribution is 0.0506. The van der Waals surface area contributed by atoms with Gasteiger partial charge in [0.2, 0.25) is 0 Å². The summed E-state index contributed by atoms with van der Waals surface area (Å²) < 4.78 is 5.46. The second-order valence-electron chi connectivity index (χ2n) is 9.61. The Bertz CT molecular complexity index is 840. The van der Waals surface area contributed by atoms with Gasteiger partial charge in [0.25, 0.3) is 0 Å². The van der Waals surface area contributed by atoms with Gasteiger partial charge >= 0.3 is 6.09 Å². The van der Waals surface area contributed by atoms with Crippen molar-refractivity contribution in [1.82, 2.24) is 10.6 Å². The van der Waals surface area contributed by atoms with E-state index in [1.54, 1.807) is 0 Å². The number of benzene rings is 2. The summed E-state index contributed by atoms with van der Waals surface area (Å²) in [5, 5.41) is 7.48. The smallest absolute Gasteiger partial charge is 0.407 e. The van der Waals surface area contributed by atoms with E-state index in [2.05, 4.69) is 47.0 Å². The van der Waals surface area contributed by atoms with Crippen LogP contribution in [0.5, 0.6) is 0 Å². The molecule has 0 radical (unpaired) electrons. The van der Waals surface area contributed by atoms with Gasteiger partial charge in [0, 0.05) is 23.0 Å². The van der Waals surface area contributed by atoms with Crippen LogP contribution in [0.15, 0.2) is 54.6 Å². The highest BCUT2D eigenvalue weighted by Gasteiger charge is 2.37. The summed E-state index contributed by atoms with van der Waals surface area (Å²) in [6.07, 6.45) is 4.79. The third-order valence-electron chi connectivity index (χ3n) is 6.04. The average molecular weight is 443 g/mol. The number of halogens is 1. The zero-order valence-electron chi connectivity index (χ0n) is 18.9. The van der Waals surface area contributed by atoms with Crippen molar-refractivity contribution < 1.29 is 9.53 Å². The van der Waals surface area contributed by atoms with Gasteiger partial charge in [-0.15, -0.1) is 0 Å². The van der Waals surface area contributed by atoms with Gasteiger partial charge in [-0.3, -0.25) is 0 Å². The van der Waals surface area contributed by atoms with E-state index in [0.29, 0.717) is 12.6 Å². The van der Waals surface area contributed by atoms with Crippen LogP contribution in [0.4, 0.5) is 4.79 Å². The van der Waals surface area contributed by atoms with Gasteiger partial charge < -0.3 is 15.4 Å². The highest BCUT2D eigenvalue weighted by atomic mass is 35.5. The quantitative estimate of drug-likeness (QED) is 0.563. The number of hydrogen-bond donors (Lipinski definition) is 2. The average Bonchev–Trinajstić information content (AvgIpc) is 2.73. The molecule has 168 valence electrons. The molecule has 2 N–H and O–H groups in total. The van der Waals surface area contributed by atoms with Gasteiger partial charge in [-0.1, -0.05) is 54.1 Å². The van der Waals surface area contributed by atoms with E-state index < -0.39 is 5.60 Å². The molecule has 31 heavy (non-hydrogen) atoms. The predicted octanol–water partition coefficient (Wildman–Crippen LogP) is 5.88. The molecule has 2 aromatic carbocycles. The molecule has 0 aromatic heterocycles. The van der Waals surface area contributed by atoms with Crippen molar-refractivity contribution in [2.24, 2.45) is 0 Å². The Labute approximate surface area is 191 Å². The van der Waals surface area contributed by atoms with Gasteiger partial charge in [0.1, 0.15) is 5.60 Å². The predicted molar refractivity (Wildman–Crippen MR) is 128 cm³/mol. The maximum atomic E-state index is 12.3. The Morgan fingerprint density at radius 2 is 1.81 bits per heavy atom. The standard InChI is InChI=1S/C26H35ClN2O2/c1-25(2,3)31-24(30)29-19-26(21-10-7-11-22(27)18-21)15-12-23(13-16-26)28-17-14-20-8-5-4-6-9-20/h4-11,18,23,28H,12-17,19H2,1-3H3,(H,29,30). The van der Waals surface area contributed by atoms with Gasteiger partial charge in [-0.2, -0.15) is 0 Å². The molecule has 0 spiro atoms. The van der Waals surface area contributed by atoms with Gasteiger partial charge in [0.15, 0.2) is 0 Å². The van der Waals surface area contributed by atoms with Crippen LogP contribution >= 0.6 is 11.6 Å². The lowest BCUT2D eigenvalue weighted by atomic mass is 9.68. The van der Waals surface area contributed by atoms with Crippen LogP contribution < -0.4 is 10.6 Å². The SMILES string of the molecule is CC(C)(C)OC(=O)NCC1(c2cccc(Cl)c2)CCC(NCCc2ccccc2)CC1. The molecule has 1 aliphatic carbocycles. The van der Waals surface area contributed by atoms with Crippen LogP contribution in [-0.2, 0) is 16.6 Å². The first-order chi connectivity index (χ1) is 14.8. The monoisotopic (exact) mass is 442 g/mol. The maximum absolute atomic E-state index is 12.3. The Balaban J connectivity index is 1.60. The number of nitrogens with one attached hydrogen (secondary N) is 2. The number of amides is 1. The molecule has 2 aromatic rings. The van der Waals surface area contributed by atoms with E-state index >= 15 is 0 Å². The summed E-state index contributed by atoms with van der Waals surface area (Å²) in [6.45, 7) is 7.18. The minimum atomic E-state index is -0.506. The first-order valence-corrected chi connectivity index (χ1v) is 11.6. The highest BCUT2D eigenvalue weighted by Crippen LogP contribution is 2.40. The lowest BCUT2D eigenvalue weighted by Gasteiger charge is -2.41. The molecular formula is C26H35ClN2O2. The second-order valence-corrected chi connectivity index (χ2v) is 10.0. The number of carbonyl (C=O) groups is 1. The second kappa shape index (κ2) is 10.5.